The second-order valence-electron chi connectivity index (χ2n) is 3.74. The van der Waals surface area contributed by atoms with E-state index in [4.69, 9.17) is 5.73 Å². The van der Waals surface area contributed by atoms with E-state index in [0.29, 0.717) is 5.56 Å². The number of rotatable bonds is 1. The summed E-state index contributed by atoms with van der Waals surface area (Å²) in [5.74, 6) is -1.35. The van der Waals surface area contributed by atoms with Gasteiger partial charge in [-0.2, -0.15) is 0 Å². The van der Waals surface area contributed by atoms with Gasteiger partial charge in [-0.15, -0.1) is 0 Å². The van der Waals surface area contributed by atoms with E-state index < -0.39 is 5.79 Å². The standard InChI is InChI=1S/C11H9N5O/c12-11(7-4-2-1-3-5-7)15-9-8(10(17)16-11)13-6-14-9/h1-6H,12H2,(H,16,17). The van der Waals surface area contributed by atoms with Gasteiger partial charge in [0.2, 0.25) is 5.79 Å². The zero-order chi connectivity index (χ0) is 11.9. The largest absolute Gasteiger partial charge is 0.310 e. The highest BCUT2D eigenvalue weighted by molar-refractivity contribution is 6.69. The molecular formula is C11H9N5O. The Kier molecular flexibility index (Phi) is 1.93. The molecule has 0 fully saturated rings. The normalized spacial score (nSPS) is 26.1. The van der Waals surface area contributed by atoms with Crippen molar-refractivity contribution in [2.75, 3.05) is 0 Å². The Morgan fingerprint density at radius 1 is 1.24 bits per heavy atom. The quantitative estimate of drug-likeness (QED) is 0.693. The number of carbonyl (C=O) groups excluding carboxylic acids is 1. The highest BCUT2D eigenvalue weighted by atomic mass is 16.2. The van der Waals surface area contributed by atoms with Gasteiger partial charge < -0.3 is 5.32 Å². The van der Waals surface area contributed by atoms with E-state index in [0.717, 1.165) is 0 Å². The molecule has 0 radical (unpaired) electrons. The van der Waals surface area contributed by atoms with E-state index in [-0.39, 0.29) is 17.5 Å². The summed E-state index contributed by atoms with van der Waals surface area (Å²) >= 11 is 0. The van der Waals surface area contributed by atoms with Crippen LogP contribution in [0.5, 0.6) is 0 Å². The maximum absolute atomic E-state index is 11.8. The van der Waals surface area contributed by atoms with Crippen LogP contribution >= 0.6 is 0 Å². The number of amidine groups is 1. The molecule has 0 aliphatic carbocycles. The van der Waals surface area contributed by atoms with Crippen molar-refractivity contribution in [2.24, 2.45) is 20.7 Å². The molecule has 0 saturated heterocycles. The number of hydrogen-bond donors (Lipinski definition) is 2. The van der Waals surface area contributed by atoms with Crippen LogP contribution in [-0.4, -0.2) is 23.8 Å². The first-order valence-corrected chi connectivity index (χ1v) is 5.06. The minimum Gasteiger partial charge on any atom is -0.310 e. The second kappa shape index (κ2) is 3.33. The van der Waals surface area contributed by atoms with Gasteiger partial charge in [-0.05, 0) is 0 Å². The summed E-state index contributed by atoms with van der Waals surface area (Å²) < 4.78 is 0. The first-order chi connectivity index (χ1) is 8.19. The highest BCUT2D eigenvalue weighted by Crippen LogP contribution is 2.21. The summed E-state index contributed by atoms with van der Waals surface area (Å²) in [6.45, 7) is 0. The summed E-state index contributed by atoms with van der Waals surface area (Å²) in [5, 5.41) is 2.62. The lowest BCUT2D eigenvalue weighted by molar-refractivity contribution is -0.116. The molecule has 2 aliphatic heterocycles. The molecule has 1 amide bonds. The average molecular weight is 227 g/mol. The number of amides is 1. The molecule has 84 valence electrons. The minimum absolute atomic E-state index is 0.210. The highest BCUT2D eigenvalue weighted by Gasteiger charge is 2.38. The monoisotopic (exact) mass is 227 g/mol. The molecule has 0 spiro atoms. The summed E-state index contributed by atoms with van der Waals surface area (Å²) in [5.41, 5.74) is 6.98. The van der Waals surface area contributed by atoms with Crippen molar-refractivity contribution in [2.45, 2.75) is 5.79 Å². The van der Waals surface area contributed by atoms with Crippen molar-refractivity contribution in [3.63, 3.8) is 0 Å². The molecule has 1 aromatic rings. The van der Waals surface area contributed by atoms with Gasteiger partial charge in [-0.3, -0.25) is 10.5 Å². The van der Waals surface area contributed by atoms with Crippen LogP contribution in [0.25, 0.3) is 0 Å². The van der Waals surface area contributed by atoms with Crippen LogP contribution in [0.15, 0.2) is 45.3 Å². The number of benzene rings is 1. The third-order valence-electron chi connectivity index (χ3n) is 2.59. The topological polar surface area (TPSA) is 92.2 Å². The van der Waals surface area contributed by atoms with Gasteiger partial charge in [0.05, 0.1) is 0 Å². The molecule has 6 nitrogen and oxygen atoms in total. The molecule has 1 aromatic carbocycles. The molecule has 0 saturated carbocycles. The Balaban J connectivity index is 2.11. The van der Waals surface area contributed by atoms with Crippen molar-refractivity contribution >= 4 is 23.8 Å². The van der Waals surface area contributed by atoms with E-state index in [1.54, 1.807) is 12.1 Å². The van der Waals surface area contributed by atoms with E-state index in [1.807, 2.05) is 18.2 Å². The van der Waals surface area contributed by atoms with E-state index >= 15 is 0 Å². The zero-order valence-corrected chi connectivity index (χ0v) is 8.79. The Bertz CT molecular complexity index is 575. The summed E-state index contributed by atoms with van der Waals surface area (Å²) in [6.07, 6.45) is 1.30. The number of fused-ring (bicyclic) bond motifs is 1. The van der Waals surface area contributed by atoms with Gasteiger partial charge in [-0.1, -0.05) is 30.3 Å². The number of nitrogens with zero attached hydrogens (tertiary/aromatic N) is 3. The molecule has 3 rings (SSSR count). The summed E-state index contributed by atoms with van der Waals surface area (Å²) in [7, 11) is 0. The predicted molar refractivity (Wildman–Crippen MR) is 63.8 cm³/mol. The first-order valence-electron chi connectivity index (χ1n) is 5.06. The molecule has 17 heavy (non-hydrogen) atoms. The molecular weight excluding hydrogens is 218 g/mol. The van der Waals surface area contributed by atoms with Crippen molar-refractivity contribution in [3.05, 3.63) is 35.9 Å². The van der Waals surface area contributed by atoms with Gasteiger partial charge in [0.1, 0.15) is 6.34 Å². The van der Waals surface area contributed by atoms with Gasteiger partial charge >= 0.3 is 0 Å². The van der Waals surface area contributed by atoms with E-state index in [1.165, 1.54) is 6.34 Å². The maximum atomic E-state index is 11.8. The van der Waals surface area contributed by atoms with Crippen molar-refractivity contribution in [1.29, 1.82) is 0 Å². The summed E-state index contributed by atoms with van der Waals surface area (Å²) in [6, 6.07) is 9.12. The lowest BCUT2D eigenvalue weighted by atomic mass is 10.1. The van der Waals surface area contributed by atoms with Gasteiger partial charge in [0, 0.05) is 5.56 Å². The maximum Gasteiger partial charge on any atom is 0.277 e. The number of aliphatic imine (C=N–C) groups is 3. The minimum atomic E-state index is -1.27. The SMILES string of the molecule is NC1(c2ccccc2)N=C2N=CN=C2C(=O)N1. The molecule has 6 heteroatoms. The van der Waals surface area contributed by atoms with Crippen LogP contribution in [0.4, 0.5) is 0 Å². The average Bonchev–Trinajstić information content (AvgIpc) is 2.78. The van der Waals surface area contributed by atoms with Crippen LogP contribution in [-0.2, 0) is 10.6 Å². The van der Waals surface area contributed by atoms with Crippen molar-refractivity contribution < 1.29 is 4.79 Å². The predicted octanol–water partition coefficient (Wildman–Crippen LogP) is -0.233. The number of carbonyl (C=O) groups is 1. The Morgan fingerprint density at radius 2 is 2.00 bits per heavy atom. The van der Waals surface area contributed by atoms with Crippen LogP contribution in [0.3, 0.4) is 0 Å². The van der Waals surface area contributed by atoms with Crippen LogP contribution in [0.2, 0.25) is 0 Å². The fraction of sp³-hybridized carbons (Fsp3) is 0.0909. The second-order valence-corrected chi connectivity index (χ2v) is 3.74. The smallest absolute Gasteiger partial charge is 0.277 e. The van der Waals surface area contributed by atoms with E-state index in [2.05, 4.69) is 20.3 Å². The fourth-order valence-electron chi connectivity index (χ4n) is 1.76. The fourth-order valence-corrected chi connectivity index (χ4v) is 1.76. The van der Waals surface area contributed by atoms with Gasteiger partial charge in [0.15, 0.2) is 11.5 Å². The van der Waals surface area contributed by atoms with Crippen molar-refractivity contribution in [1.82, 2.24) is 5.32 Å². The van der Waals surface area contributed by atoms with Gasteiger partial charge in [0.25, 0.3) is 5.91 Å². The van der Waals surface area contributed by atoms with Crippen LogP contribution < -0.4 is 11.1 Å². The van der Waals surface area contributed by atoms with Gasteiger partial charge in [-0.25, -0.2) is 15.0 Å². The number of nitrogens with two attached hydrogens (primary N) is 1. The summed E-state index contributed by atoms with van der Waals surface area (Å²) in [4.78, 5) is 23.7. The zero-order valence-electron chi connectivity index (χ0n) is 8.79. The van der Waals surface area contributed by atoms with Crippen LogP contribution in [0.1, 0.15) is 5.56 Å². The lowest BCUT2D eigenvalue weighted by Crippen LogP contribution is -2.58. The molecule has 2 heterocycles. The first kappa shape index (κ1) is 9.86. The lowest BCUT2D eigenvalue weighted by Gasteiger charge is -2.30. The molecule has 0 bridgehead atoms. The molecule has 1 atom stereocenters. The number of nitrogens with one attached hydrogen (secondary N) is 1. The Labute approximate surface area is 97.0 Å². The third kappa shape index (κ3) is 1.46. The molecule has 2 aliphatic rings. The molecule has 3 N–H and O–H groups in total. The van der Waals surface area contributed by atoms with Crippen molar-refractivity contribution in [3.8, 4) is 0 Å². The number of hydrogen-bond acceptors (Lipinski definition) is 5. The molecule has 1 unspecified atom stereocenters. The molecule has 0 aromatic heterocycles. The Morgan fingerprint density at radius 3 is 2.76 bits per heavy atom. The van der Waals surface area contributed by atoms with Crippen LogP contribution in [0, 0.1) is 0 Å². The van der Waals surface area contributed by atoms with E-state index in [9.17, 15) is 4.79 Å². The third-order valence-corrected chi connectivity index (χ3v) is 2.59. The Hall–Kier alpha value is -2.34.